The van der Waals surface area contributed by atoms with Gasteiger partial charge < -0.3 is 10.6 Å². The molecule has 0 radical (unpaired) electrons. The summed E-state index contributed by atoms with van der Waals surface area (Å²) in [5, 5.41) is 1.80. The van der Waals surface area contributed by atoms with E-state index in [4.69, 9.17) is 17.3 Å². The van der Waals surface area contributed by atoms with Crippen LogP contribution >= 0.6 is 11.6 Å². The molecule has 120 valence electrons. The molecular weight excluding hydrogens is 294 g/mol. The second kappa shape index (κ2) is 7.40. The van der Waals surface area contributed by atoms with E-state index in [2.05, 4.69) is 30.7 Å². The zero-order chi connectivity index (χ0) is 16.2. The first-order valence-corrected chi connectivity index (χ1v) is 8.41. The molecule has 0 saturated heterocycles. The van der Waals surface area contributed by atoms with Crippen molar-refractivity contribution in [3.63, 3.8) is 0 Å². The molecule has 2 N–H and O–H groups in total. The number of pyridine rings is 1. The average Bonchev–Trinajstić information content (AvgIpc) is 2.50. The summed E-state index contributed by atoms with van der Waals surface area (Å²) in [7, 11) is 0. The topological polar surface area (TPSA) is 42.1 Å². The maximum atomic E-state index is 6.63. The lowest BCUT2D eigenvalue weighted by molar-refractivity contribution is 0.281. The number of nitrogens with two attached hydrogens (primary N) is 1. The van der Waals surface area contributed by atoms with Crippen molar-refractivity contribution < 1.29 is 0 Å². The summed E-state index contributed by atoms with van der Waals surface area (Å²) in [6.07, 6.45) is 3.86. The van der Waals surface area contributed by atoms with Crippen molar-refractivity contribution in [3.05, 3.63) is 41.0 Å². The number of fused-ring (bicyclic) bond motifs is 1. The number of nitrogens with zero attached hydrogens (tertiary/aromatic N) is 2. The molecule has 0 fully saturated rings. The molecule has 1 unspecified atom stereocenters. The number of rotatable bonds is 7. The van der Waals surface area contributed by atoms with Gasteiger partial charge in [0.1, 0.15) is 0 Å². The fourth-order valence-corrected chi connectivity index (χ4v) is 3.13. The first-order chi connectivity index (χ1) is 10.5. The minimum Gasteiger partial charge on any atom is -0.322 e. The molecule has 2 aromatic rings. The summed E-state index contributed by atoms with van der Waals surface area (Å²) < 4.78 is 0. The number of aromatic nitrogens is 1. The van der Waals surface area contributed by atoms with Gasteiger partial charge in [-0.3, -0.25) is 4.98 Å². The Morgan fingerprint density at radius 3 is 2.64 bits per heavy atom. The van der Waals surface area contributed by atoms with Crippen LogP contribution in [0.4, 0.5) is 0 Å². The average molecular weight is 320 g/mol. The predicted octanol–water partition coefficient (Wildman–Crippen LogP) is 4.18. The van der Waals surface area contributed by atoms with Crippen LogP contribution in [0.3, 0.4) is 0 Å². The second-order valence-electron chi connectivity index (χ2n) is 6.07. The van der Waals surface area contributed by atoms with Crippen LogP contribution in [0.25, 0.3) is 10.9 Å². The van der Waals surface area contributed by atoms with Gasteiger partial charge >= 0.3 is 0 Å². The van der Waals surface area contributed by atoms with Gasteiger partial charge in [0.05, 0.1) is 5.52 Å². The maximum absolute atomic E-state index is 6.63. The Hall–Kier alpha value is -1.16. The zero-order valence-corrected chi connectivity index (χ0v) is 14.5. The van der Waals surface area contributed by atoms with E-state index in [0.29, 0.717) is 5.02 Å². The predicted molar refractivity (Wildman–Crippen MR) is 95.3 cm³/mol. The molecule has 1 aromatic carbocycles. The third kappa shape index (κ3) is 3.97. The summed E-state index contributed by atoms with van der Waals surface area (Å²) in [4.78, 5) is 6.83. The molecule has 4 heteroatoms. The second-order valence-corrected chi connectivity index (χ2v) is 6.50. The van der Waals surface area contributed by atoms with Gasteiger partial charge in [-0.25, -0.2) is 0 Å². The minimum atomic E-state index is -0.359. The Morgan fingerprint density at radius 2 is 1.95 bits per heavy atom. The van der Waals surface area contributed by atoms with E-state index in [1.165, 1.54) is 0 Å². The number of benzene rings is 1. The van der Waals surface area contributed by atoms with Gasteiger partial charge in [0, 0.05) is 22.1 Å². The van der Waals surface area contributed by atoms with Crippen LogP contribution in [-0.4, -0.2) is 29.5 Å². The summed E-state index contributed by atoms with van der Waals surface area (Å²) in [6, 6.07) is 7.86. The van der Waals surface area contributed by atoms with Crippen molar-refractivity contribution in [2.24, 2.45) is 5.73 Å². The van der Waals surface area contributed by atoms with Gasteiger partial charge in [0.2, 0.25) is 0 Å². The Bertz CT molecular complexity index is 621. The Morgan fingerprint density at radius 1 is 1.23 bits per heavy atom. The Labute approximate surface area is 138 Å². The van der Waals surface area contributed by atoms with E-state index in [1.54, 1.807) is 0 Å². The van der Waals surface area contributed by atoms with Crippen molar-refractivity contribution >= 4 is 22.5 Å². The molecule has 3 nitrogen and oxygen atoms in total. The normalized spacial score (nSPS) is 14.5. The molecule has 1 atom stereocenters. The molecule has 1 heterocycles. The Balaban J connectivity index is 2.18. The highest BCUT2D eigenvalue weighted by atomic mass is 35.5. The first kappa shape index (κ1) is 17.2. The van der Waals surface area contributed by atoms with Crippen LogP contribution in [0.5, 0.6) is 0 Å². The van der Waals surface area contributed by atoms with Crippen molar-refractivity contribution in [2.45, 2.75) is 39.2 Å². The van der Waals surface area contributed by atoms with Crippen molar-refractivity contribution in [1.82, 2.24) is 9.88 Å². The quantitative estimate of drug-likeness (QED) is 0.832. The summed E-state index contributed by atoms with van der Waals surface area (Å²) >= 11 is 6.06. The summed E-state index contributed by atoms with van der Waals surface area (Å²) in [6.45, 7) is 9.78. The molecule has 0 amide bonds. The van der Waals surface area contributed by atoms with Crippen LogP contribution in [-0.2, 0) is 5.54 Å². The third-order valence-electron chi connectivity index (χ3n) is 4.38. The fourth-order valence-electron chi connectivity index (χ4n) is 2.96. The molecule has 0 aliphatic rings. The highest BCUT2D eigenvalue weighted by Gasteiger charge is 2.23. The first-order valence-electron chi connectivity index (χ1n) is 8.04. The monoisotopic (exact) mass is 319 g/mol. The summed E-state index contributed by atoms with van der Waals surface area (Å²) in [5.41, 5.74) is 8.33. The Kier molecular flexibility index (Phi) is 5.79. The molecule has 0 saturated carbocycles. The minimum absolute atomic E-state index is 0.359. The highest BCUT2D eigenvalue weighted by molar-refractivity contribution is 6.31. The van der Waals surface area contributed by atoms with Crippen LogP contribution < -0.4 is 5.73 Å². The van der Waals surface area contributed by atoms with Crippen LogP contribution in [0.1, 0.15) is 39.2 Å². The van der Waals surface area contributed by atoms with Crippen molar-refractivity contribution in [2.75, 3.05) is 19.6 Å². The maximum Gasteiger partial charge on any atom is 0.0720 e. The lowest BCUT2D eigenvalue weighted by atomic mass is 9.86. The van der Waals surface area contributed by atoms with E-state index >= 15 is 0 Å². The van der Waals surface area contributed by atoms with Crippen LogP contribution in [0.15, 0.2) is 30.5 Å². The van der Waals surface area contributed by atoms with Crippen LogP contribution in [0, 0.1) is 0 Å². The molecular formula is C18H26ClN3. The van der Waals surface area contributed by atoms with Gasteiger partial charge in [-0.15, -0.1) is 0 Å². The van der Waals surface area contributed by atoms with E-state index in [1.807, 2.05) is 30.5 Å². The highest BCUT2D eigenvalue weighted by Crippen LogP contribution is 2.30. The zero-order valence-electron chi connectivity index (χ0n) is 13.8. The smallest absolute Gasteiger partial charge is 0.0720 e. The van der Waals surface area contributed by atoms with Gasteiger partial charge in [0.25, 0.3) is 0 Å². The molecule has 1 aromatic heterocycles. The van der Waals surface area contributed by atoms with Crippen molar-refractivity contribution in [3.8, 4) is 0 Å². The van der Waals surface area contributed by atoms with Gasteiger partial charge in [0.15, 0.2) is 0 Å². The van der Waals surface area contributed by atoms with Crippen molar-refractivity contribution in [1.29, 1.82) is 0 Å². The molecule has 0 bridgehead atoms. The molecule has 0 aliphatic carbocycles. The van der Waals surface area contributed by atoms with Gasteiger partial charge in [-0.05, 0) is 63.2 Å². The number of hydrogen-bond acceptors (Lipinski definition) is 3. The van der Waals surface area contributed by atoms with E-state index in [-0.39, 0.29) is 5.54 Å². The van der Waals surface area contributed by atoms with Crippen LogP contribution in [0.2, 0.25) is 5.02 Å². The molecule has 0 aliphatic heterocycles. The largest absolute Gasteiger partial charge is 0.322 e. The van der Waals surface area contributed by atoms with E-state index in [9.17, 15) is 0 Å². The molecule has 2 rings (SSSR count). The standard InChI is InChI=1S/C18H26ClN3/c1-4-22(5-2)12-6-10-18(3,20)16-9-11-21-17-13-14(19)7-8-15(16)17/h7-9,11,13H,4-6,10,12,20H2,1-3H3. The number of halogens is 1. The fraction of sp³-hybridized carbons (Fsp3) is 0.500. The van der Waals surface area contributed by atoms with E-state index in [0.717, 1.165) is 48.9 Å². The number of hydrogen-bond donors (Lipinski definition) is 1. The summed E-state index contributed by atoms with van der Waals surface area (Å²) in [5.74, 6) is 0. The van der Waals surface area contributed by atoms with Gasteiger partial charge in [-0.2, -0.15) is 0 Å². The molecule has 0 spiro atoms. The third-order valence-corrected chi connectivity index (χ3v) is 4.62. The SMILES string of the molecule is CCN(CC)CCCC(C)(N)c1ccnc2cc(Cl)ccc12. The lowest BCUT2D eigenvalue weighted by Gasteiger charge is -2.28. The van der Waals surface area contributed by atoms with Gasteiger partial charge in [-0.1, -0.05) is 31.5 Å². The van der Waals surface area contributed by atoms with E-state index < -0.39 is 0 Å². The lowest BCUT2D eigenvalue weighted by Crippen LogP contribution is -2.35. The molecule has 22 heavy (non-hydrogen) atoms.